The molecule has 1 aliphatic carbocycles. The zero-order valence-electron chi connectivity index (χ0n) is 17.9. The number of H-pyrrole nitrogens is 1. The quantitative estimate of drug-likeness (QED) is 0.558. The predicted molar refractivity (Wildman–Crippen MR) is 123 cm³/mol. The van der Waals surface area contributed by atoms with Crippen LogP contribution < -0.4 is 20.5 Å². The van der Waals surface area contributed by atoms with Gasteiger partial charge in [0.25, 0.3) is 5.56 Å². The third kappa shape index (κ3) is 5.84. The van der Waals surface area contributed by atoms with Gasteiger partial charge in [-0.15, -0.1) is 0 Å². The number of carbonyl (C=O) groups excluding carboxylic acids is 1. The highest BCUT2D eigenvalue weighted by molar-refractivity contribution is 7.89. The molecule has 10 nitrogen and oxygen atoms in total. The number of rotatable bonds is 6. The largest absolute Gasteiger partial charge is 0.444 e. The lowest BCUT2D eigenvalue weighted by atomic mass is 9.92. The van der Waals surface area contributed by atoms with Gasteiger partial charge in [-0.25, -0.2) is 23.0 Å². The van der Waals surface area contributed by atoms with E-state index >= 15 is 0 Å². The number of aromatic nitrogens is 2. The molecule has 1 saturated carbocycles. The average Bonchev–Trinajstić information content (AvgIpc) is 3.25. The minimum absolute atomic E-state index is 0.0646. The summed E-state index contributed by atoms with van der Waals surface area (Å²) < 4.78 is 33.3. The Labute approximate surface area is 196 Å². The van der Waals surface area contributed by atoms with Gasteiger partial charge in [-0.05, 0) is 37.8 Å². The number of nitrogens with zero attached hydrogens (tertiary/aromatic N) is 2. The molecule has 2 aromatic rings. The number of aromatic amines is 1. The Morgan fingerprint density at radius 2 is 1.82 bits per heavy atom. The summed E-state index contributed by atoms with van der Waals surface area (Å²) >= 11 is 6.05. The van der Waals surface area contributed by atoms with Gasteiger partial charge < -0.3 is 15.0 Å². The monoisotopic (exact) mass is 495 g/mol. The molecule has 1 aromatic carbocycles. The summed E-state index contributed by atoms with van der Waals surface area (Å²) in [5.41, 5.74) is 0.0566. The van der Waals surface area contributed by atoms with E-state index in [0.717, 1.165) is 0 Å². The Hall–Kier alpha value is -2.63. The van der Waals surface area contributed by atoms with Crippen LogP contribution in [0, 0.1) is 0 Å². The average molecular weight is 496 g/mol. The molecule has 2 fully saturated rings. The lowest BCUT2D eigenvalue weighted by molar-refractivity contribution is 0.102. The van der Waals surface area contributed by atoms with Gasteiger partial charge in [0.15, 0.2) is 0 Å². The SMILES string of the molecule is O=C(NC1CCC(NS(=O)(=O)c2ccccc2)CC1)O[C@@H]1CCN(c2cn[nH]c(=O)c2Cl)C1. The number of benzene rings is 1. The van der Waals surface area contributed by atoms with E-state index in [4.69, 9.17) is 16.3 Å². The van der Waals surface area contributed by atoms with Crippen LogP contribution in [0.3, 0.4) is 0 Å². The maximum absolute atomic E-state index is 12.5. The van der Waals surface area contributed by atoms with Crippen LogP contribution in [0.2, 0.25) is 5.02 Å². The standard InChI is InChI=1S/C21H26ClN5O5S/c22-19-18(12-23-25-20(19)28)27-11-10-16(13-27)32-21(29)24-14-6-8-15(9-7-14)26-33(30,31)17-4-2-1-3-5-17/h1-5,12,14-16,26H,6-11,13H2,(H,24,29)(H,25,28)/t14?,15?,16-/m1/s1. The molecule has 0 bridgehead atoms. The Kier molecular flexibility index (Phi) is 7.20. The summed E-state index contributed by atoms with van der Waals surface area (Å²) in [7, 11) is -3.55. The third-order valence-electron chi connectivity index (χ3n) is 5.96. The van der Waals surface area contributed by atoms with Crippen LogP contribution in [0.4, 0.5) is 10.5 Å². The molecule has 2 heterocycles. The minimum Gasteiger partial charge on any atom is -0.444 e. The first kappa shape index (κ1) is 23.5. The number of ether oxygens (including phenoxy) is 1. The molecular formula is C21H26ClN5O5S. The molecule has 4 rings (SSSR count). The molecule has 178 valence electrons. The van der Waals surface area contributed by atoms with Crippen LogP contribution in [0.25, 0.3) is 0 Å². The smallest absolute Gasteiger partial charge is 0.407 e. The van der Waals surface area contributed by atoms with E-state index < -0.39 is 21.7 Å². The number of carbonyl (C=O) groups is 1. The maximum Gasteiger partial charge on any atom is 0.407 e. The summed E-state index contributed by atoms with van der Waals surface area (Å²) in [4.78, 5) is 26.1. The molecule has 3 N–H and O–H groups in total. The molecule has 12 heteroatoms. The fourth-order valence-electron chi connectivity index (χ4n) is 4.23. The number of hydrogen-bond acceptors (Lipinski definition) is 7. The van der Waals surface area contributed by atoms with Gasteiger partial charge in [-0.1, -0.05) is 29.8 Å². The van der Waals surface area contributed by atoms with Crippen molar-refractivity contribution in [2.24, 2.45) is 0 Å². The highest BCUT2D eigenvalue weighted by Gasteiger charge is 2.30. The molecule has 33 heavy (non-hydrogen) atoms. The first-order valence-electron chi connectivity index (χ1n) is 10.8. The maximum atomic E-state index is 12.5. The molecule has 0 spiro atoms. The number of hydrogen-bond donors (Lipinski definition) is 3. The van der Waals surface area contributed by atoms with Crippen molar-refractivity contribution >= 4 is 33.4 Å². The molecule has 1 saturated heterocycles. The van der Waals surface area contributed by atoms with Crippen LogP contribution in [-0.4, -0.2) is 56.0 Å². The zero-order valence-corrected chi connectivity index (χ0v) is 19.4. The van der Waals surface area contributed by atoms with Crippen molar-refractivity contribution in [2.75, 3.05) is 18.0 Å². The molecule has 0 unspecified atom stereocenters. The highest BCUT2D eigenvalue weighted by Crippen LogP contribution is 2.26. The molecule has 2 aliphatic rings. The normalized spacial score (nSPS) is 23.3. The van der Waals surface area contributed by atoms with Gasteiger partial charge in [0.2, 0.25) is 10.0 Å². The molecule has 1 amide bonds. The van der Waals surface area contributed by atoms with Gasteiger partial charge in [-0.3, -0.25) is 4.79 Å². The van der Waals surface area contributed by atoms with Gasteiger partial charge in [0, 0.05) is 25.0 Å². The Bertz CT molecular complexity index is 1140. The number of alkyl carbamates (subject to hydrolysis) is 1. The number of halogens is 1. The minimum atomic E-state index is -3.55. The highest BCUT2D eigenvalue weighted by atomic mass is 35.5. The molecule has 1 aliphatic heterocycles. The van der Waals surface area contributed by atoms with Gasteiger partial charge in [0.05, 0.1) is 23.3 Å². The summed E-state index contributed by atoms with van der Waals surface area (Å²) in [5, 5.41) is 9.00. The second kappa shape index (κ2) is 10.1. The van der Waals surface area contributed by atoms with Crippen molar-refractivity contribution in [3.63, 3.8) is 0 Å². The van der Waals surface area contributed by atoms with Crippen LogP contribution in [0.1, 0.15) is 32.1 Å². The van der Waals surface area contributed by atoms with Crippen LogP contribution >= 0.6 is 11.6 Å². The van der Waals surface area contributed by atoms with Gasteiger partial charge in [-0.2, -0.15) is 5.10 Å². The van der Waals surface area contributed by atoms with Crippen molar-refractivity contribution in [3.8, 4) is 0 Å². The van der Waals surface area contributed by atoms with Crippen molar-refractivity contribution in [1.29, 1.82) is 0 Å². The predicted octanol–water partition coefficient (Wildman–Crippen LogP) is 2.02. The lowest BCUT2D eigenvalue weighted by Crippen LogP contribution is -2.44. The van der Waals surface area contributed by atoms with E-state index in [9.17, 15) is 18.0 Å². The first-order valence-corrected chi connectivity index (χ1v) is 12.7. The fraction of sp³-hybridized carbons (Fsp3) is 0.476. The fourth-order valence-corrected chi connectivity index (χ4v) is 5.77. The molecule has 1 atom stereocenters. The van der Waals surface area contributed by atoms with Crippen LogP contribution in [0.5, 0.6) is 0 Å². The molecule has 0 radical (unpaired) electrons. The topological polar surface area (TPSA) is 133 Å². The van der Waals surface area contributed by atoms with Crippen molar-refractivity contribution in [3.05, 3.63) is 51.9 Å². The van der Waals surface area contributed by atoms with Crippen molar-refractivity contribution in [1.82, 2.24) is 20.2 Å². The summed E-state index contributed by atoms with van der Waals surface area (Å²) in [6.45, 7) is 1.02. The van der Waals surface area contributed by atoms with Crippen LogP contribution in [-0.2, 0) is 14.8 Å². The van der Waals surface area contributed by atoms with Crippen molar-refractivity contribution in [2.45, 2.75) is 55.2 Å². The number of anilines is 1. The zero-order chi connectivity index (χ0) is 23.4. The van der Waals surface area contributed by atoms with Crippen LogP contribution in [0.15, 0.2) is 46.2 Å². The van der Waals surface area contributed by atoms with Gasteiger partial charge >= 0.3 is 6.09 Å². The van der Waals surface area contributed by atoms with E-state index in [0.29, 0.717) is 50.9 Å². The van der Waals surface area contributed by atoms with Crippen molar-refractivity contribution < 1.29 is 17.9 Å². The Morgan fingerprint density at radius 3 is 2.55 bits per heavy atom. The van der Waals surface area contributed by atoms with E-state index in [1.54, 1.807) is 30.3 Å². The third-order valence-corrected chi connectivity index (χ3v) is 7.86. The summed E-state index contributed by atoms with van der Waals surface area (Å²) in [6, 6.07) is 8.04. The van der Waals surface area contributed by atoms with E-state index in [1.807, 2.05) is 4.90 Å². The molecular weight excluding hydrogens is 470 g/mol. The lowest BCUT2D eigenvalue weighted by Gasteiger charge is -2.29. The number of amides is 1. The second-order valence-electron chi connectivity index (χ2n) is 8.29. The van der Waals surface area contributed by atoms with E-state index in [2.05, 4.69) is 20.2 Å². The summed E-state index contributed by atoms with van der Waals surface area (Å²) in [5.74, 6) is 0. The first-order chi connectivity index (χ1) is 15.8. The molecule has 1 aromatic heterocycles. The Balaban J connectivity index is 1.21. The van der Waals surface area contributed by atoms with E-state index in [1.165, 1.54) is 6.20 Å². The van der Waals surface area contributed by atoms with E-state index in [-0.39, 0.29) is 28.1 Å². The Morgan fingerprint density at radius 1 is 1.12 bits per heavy atom. The number of nitrogens with one attached hydrogen (secondary N) is 3. The number of sulfonamides is 1. The summed E-state index contributed by atoms with van der Waals surface area (Å²) in [6.07, 6.45) is 3.84. The second-order valence-corrected chi connectivity index (χ2v) is 10.4. The van der Waals surface area contributed by atoms with Gasteiger partial charge in [0.1, 0.15) is 11.1 Å².